The summed E-state index contributed by atoms with van der Waals surface area (Å²) in [5.74, 6) is -1.13. The molecular weight excluding hydrogens is 294 g/mol. The first-order valence-corrected chi connectivity index (χ1v) is 6.43. The van der Waals surface area contributed by atoms with Crippen LogP contribution in [0.1, 0.15) is 28.6 Å². The minimum atomic E-state index is -2.83. The van der Waals surface area contributed by atoms with Crippen molar-refractivity contribution in [1.82, 2.24) is 20.4 Å². The van der Waals surface area contributed by atoms with Crippen molar-refractivity contribution in [1.29, 1.82) is 0 Å². The molecule has 0 fully saturated rings. The van der Waals surface area contributed by atoms with Crippen molar-refractivity contribution in [2.45, 2.75) is 12.6 Å². The third kappa shape index (κ3) is 3.46. The molecule has 116 valence electrons. The molecule has 0 saturated carbocycles. The van der Waals surface area contributed by atoms with Gasteiger partial charge in [-0.2, -0.15) is 13.9 Å². The molecule has 0 spiro atoms. The van der Waals surface area contributed by atoms with Crippen molar-refractivity contribution in [3.05, 3.63) is 53.9 Å². The van der Waals surface area contributed by atoms with Crippen molar-refractivity contribution >= 4 is 11.8 Å². The summed E-state index contributed by atoms with van der Waals surface area (Å²) < 4.78 is 25.3. The van der Waals surface area contributed by atoms with E-state index in [1.807, 2.05) is 0 Å². The summed E-state index contributed by atoms with van der Waals surface area (Å²) in [4.78, 5) is 24.0. The molecule has 0 saturated heterocycles. The van der Waals surface area contributed by atoms with Gasteiger partial charge >= 0.3 is 6.55 Å². The Hall–Kier alpha value is -2.77. The minimum Gasteiger partial charge on any atom is -0.357 e. The van der Waals surface area contributed by atoms with Gasteiger partial charge in [-0.1, -0.05) is 30.3 Å². The summed E-state index contributed by atoms with van der Waals surface area (Å²) in [7, 11) is 1.44. The molecule has 0 radical (unpaired) electrons. The third-order valence-electron chi connectivity index (χ3n) is 2.96. The number of halogens is 2. The topological polar surface area (TPSA) is 76.0 Å². The number of nitrogens with zero attached hydrogens (tertiary/aromatic N) is 2. The lowest BCUT2D eigenvalue weighted by molar-refractivity contribution is -0.122. The van der Waals surface area contributed by atoms with Gasteiger partial charge in [0.15, 0.2) is 0 Å². The molecule has 6 nitrogen and oxygen atoms in total. The third-order valence-corrected chi connectivity index (χ3v) is 2.96. The lowest BCUT2D eigenvalue weighted by Crippen LogP contribution is -2.39. The van der Waals surface area contributed by atoms with E-state index in [1.165, 1.54) is 7.05 Å². The molecule has 2 N–H and O–H groups in total. The normalized spacial score (nSPS) is 12.0. The maximum atomic E-state index is 12.5. The molecule has 1 heterocycles. The van der Waals surface area contributed by atoms with E-state index in [9.17, 15) is 18.4 Å². The highest BCUT2D eigenvalue weighted by atomic mass is 19.3. The van der Waals surface area contributed by atoms with Gasteiger partial charge in [-0.3, -0.25) is 9.59 Å². The predicted octanol–water partition coefficient (Wildman–Crippen LogP) is 1.50. The molecule has 0 bridgehead atoms. The minimum absolute atomic E-state index is 0.190. The van der Waals surface area contributed by atoms with Crippen LogP contribution in [0.5, 0.6) is 0 Å². The fourth-order valence-electron chi connectivity index (χ4n) is 1.86. The van der Waals surface area contributed by atoms with Crippen LogP contribution >= 0.6 is 0 Å². The number of carbonyl (C=O) groups is 2. The Morgan fingerprint density at radius 1 is 1.18 bits per heavy atom. The first-order valence-electron chi connectivity index (χ1n) is 6.43. The molecule has 22 heavy (non-hydrogen) atoms. The molecule has 0 aliphatic carbocycles. The number of amides is 2. The van der Waals surface area contributed by atoms with Gasteiger partial charge < -0.3 is 10.6 Å². The number of alkyl halides is 2. The molecule has 0 aliphatic rings. The van der Waals surface area contributed by atoms with E-state index in [0.29, 0.717) is 10.2 Å². The fourth-order valence-corrected chi connectivity index (χ4v) is 1.86. The fraction of sp³-hybridized carbons (Fsp3) is 0.214. The smallest absolute Gasteiger partial charge is 0.333 e. The molecule has 2 amide bonds. The second kappa shape index (κ2) is 6.79. The Balaban J connectivity index is 2.19. The number of carbonyl (C=O) groups excluding carboxylic acids is 2. The van der Waals surface area contributed by atoms with Crippen LogP contribution in [0, 0.1) is 0 Å². The molecule has 1 aromatic heterocycles. The monoisotopic (exact) mass is 308 g/mol. The van der Waals surface area contributed by atoms with Gasteiger partial charge in [0, 0.05) is 13.2 Å². The Morgan fingerprint density at radius 2 is 1.86 bits per heavy atom. The zero-order chi connectivity index (χ0) is 16.1. The van der Waals surface area contributed by atoms with E-state index in [2.05, 4.69) is 15.7 Å². The molecule has 2 aromatic rings. The summed E-state index contributed by atoms with van der Waals surface area (Å²) in [5, 5.41) is 8.39. The molecule has 1 atom stereocenters. The van der Waals surface area contributed by atoms with E-state index < -0.39 is 24.4 Å². The zero-order valence-corrected chi connectivity index (χ0v) is 11.7. The van der Waals surface area contributed by atoms with Gasteiger partial charge in [0.25, 0.3) is 5.91 Å². The van der Waals surface area contributed by atoms with Crippen molar-refractivity contribution in [2.24, 2.45) is 0 Å². The first kappa shape index (κ1) is 15.6. The summed E-state index contributed by atoms with van der Waals surface area (Å²) in [6, 6.07) is 8.81. The number of hydrogen-bond donors (Lipinski definition) is 2. The lowest BCUT2D eigenvalue weighted by atomic mass is 10.1. The number of likely N-dealkylation sites (N-methyl/N-ethyl adjacent to an activating group) is 1. The van der Waals surface area contributed by atoms with E-state index in [-0.39, 0.29) is 5.69 Å². The van der Waals surface area contributed by atoms with Crippen LogP contribution in [0.15, 0.2) is 42.6 Å². The number of benzene rings is 1. The van der Waals surface area contributed by atoms with Gasteiger partial charge in [-0.15, -0.1) is 0 Å². The Morgan fingerprint density at radius 3 is 2.41 bits per heavy atom. The summed E-state index contributed by atoms with van der Waals surface area (Å²) in [6.07, 6.45) is 0.997. The highest BCUT2D eigenvalue weighted by Gasteiger charge is 2.23. The maximum Gasteiger partial charge on any atom is 0.333 e. The molecular formula is C14H14F2N4O2. The number of aromatic nitrogens is 2. The standard InChI is InChI=1S/C14H14F2N4O2/c1-17-13(22)11(9-5-3-2-4-6-9)18-12(21)10-7-8-20(19-10)14(15)16/h2-8,11,14H,1H3,(H,17,22)(H,18,21)/t11-/m0/s1. The molecule has 0 aliphatic heterocycles. The van der Waals surface area contributed by atoms with Crippen LogP contribution in [0.4, 0.5) is 8.78 Å². The van der Waals surface area contributed by atoms with E-state index in [4.69, 9.17) is 0 Å². The number of rotatable bonds is 5. The second-order valence-electron chi connectivity index (χ2n) is 4.39. The largest absolute Gasteiger partial charge is 0.357 e. The summed E-state index contributed by atoms with van der Waals surface area (Å²) in [6.45, 7) is -2.83. The van der Waals surface area contributed by atoms with Gasteiger partial charge in [-0.05, 0) is 11.6 Å². The second-order valence-corrected chi connectivity index (χ2v) is 4.39. The SMILES string of the molecule is CNC(=O)[C@@H](NC(=O)c1ccn(C(F)F)n1)c1ccccc1. The molecule has 1 aromatic carbocycles. The van der Waals surface area contributed by atoms with Gasteiger partial charge in [0.05, 0.1) is 0 Å². The van der Waals surface area contributed by atoms with Crippen LogP contribution in [0.25, 0.3) is 0 Å². The lowest BCUT2D eigenvalue weighted by Gasteiger charge is -2.17. The summed E-state index contributed by atoms with van der Waals surface area (Å²) in [5.41, 5.74) is 0.383. The Bertz CT molecular complexity index is 658. The van der Waals surface area contributed by atoms with E-state index >= 15 is 0 Å². The van der Waals surface area contributed by atoms with E-state index in [0.717, 1.165) is 12.3 Å². The molecule has 2 rings (SSSR count). The quantitative estimate of drug-likeness (QED) is 0.879. The Labute approximate surface area is 125 Å². The highest BCUT2D eigenvalue weighted by molar-refractivity contribution is 5.96. The maximum absolute atomic E-state index is 12.5. The van der Waals surface area contributed by atoms with Crippen LogP contribution in [-0.4, -0.2) is 28.6 Å². The zero-order valence-electron chi connectivity index (χ0n) is 11.7. The number of nitrogens with one attached hydrogen (secondary N) is 2. The van der Waals surface area contributed by atoms with Crippen molar-refractivity contribution in [3.63, 3.8) is 0 Å². The molecule has 0 unspecified atom stereocenters. The van der Waals surface area contributed by atoms with Crippen LogP contribution in [0.3, 0.4) is 0 Å². The van der Waals surface area contributed by atoms with Crippen LogP contribution in [-0.2, 0) is 4.79 Å². The number of hydrogen-bond acceptors (Lipinski definition) is 3. The van der Waals surface area contributed by atoms with Gasteiger partial charge in [0.1, 0.15) is 11.7 Å². The Kier molecular flexibility index (Phi) is 4.82. The van der Waals surface area contributed by atoms with Gasteiger partial charge in [0.2, 0.25) is 5.91 Å². The molecule has 8 heteroatoms. The van der Waals surface area contributed by atoms with Gasteiger partial charge in [-0.25, -0.2) is 4.68 Å². The van der Waals surface area contributed by atoms with Crippen LogP contribution < -0.4 is 10.6 Å². The predicted molar refractivity (Wildman–Crippen MR) is 74.2 cm³/mol. The average Bonchev–Trinajstić information content (AvgIpc) is 3.03. The van der Waals surface area contributed by atoms with E-state index in [1.54, 1.807) is 30.3 Å². The van der Waals surface area contributed by atoms with Crippen molar-refractivity contribution < 1.29 is 18.4 Å². The van der Waals surface area contributed by atoms with Crippen molar-refractivity contribution in [3.8, 4) is 0 Å². The first-order chi connectivity index (χ1) is 10.5. The highest BCUT2D eigenvalue weighted by Crippen LogP contribution is 2.14. The summed E-state index contributed by atoms with van der Waals surface area (Å²) >= 11 is 0. The van der Waals surface area contributed by atoms with Crippen molar-refractivity contribution in [2.75, 3.05) is 7.05 Å². The van der Waals surface area contributed by atoms with Crippen LogP contribution in [0.2, 0.25) is 0 Å². The average molecular weight is 308 g/mol.